The van der Waals surface area contributed by atoms with Crippen molar-refractivity contribution in [2.75, 3.05) is 20.1 Å². The summed E-state index contributed by atoms with van der Waals surface area (Å²) in [7, 11) is 1.71. The van der Waals surface area contributed by atoms with Crippen molar-refractivity contribution in [3.8, 4) is 0 Å². The van der Waals surface area contributed by atoms with Crippen molar-refractivity contribution < 1.29 is 9.90 Å². The minimum atomic E-state index is -0.460. The normalized spacial score (nSPS) is 26.6. The lowest BCUT2D eigenvalue weighted by Gasteiger charge is -2.27. The van der Waals surface area contributed by atoms with Gasteiger partial charge >= 0.3 is 6.03 Å². The molecule has 0 bridgehead atoms. The van der Waals surface area contributed by atoms with Gasteiger partial charge in [-0.2, -0.15) is 0 Å². The number of nitrogens with zero attached hydrogens (tertiary/aromatic N) is 1. The number of aliphatic hydroxyl groups is 1. The third-order valence-corrected chi connectivity index (χ3v) is 2.38. The van der Waals surface area contributed by atoms with Gasteiger partial charge in [-0.15, -0.1) is 0 Å². The van der Waals surface area contributed by atoms with Gasteiger partial charge in [-0.3, -0.25) is 0 Å². The molecule has 0 aliphatic carbocycles. The van der Waals surface area contributed by atoms with Gasteiger partial charge in [-0.1, -0.05) is 0 Å². The fourth-order valence-electron chi connectivity index (χ4n) is 1.55. The number of likely N-dealkylation sites (N-methyl/N-ethyl adjacent to an activating group) is 1. The average molecular weight is 201 g/mol. The van der Waals surface area contributed by atoms with E-state index in [0.717, 1.165) is 0 Å². The predicted molar refractivity (Wildman–Crippen MR) is 54.1 cm³/mol. The van der Waals surface area contributed by atoms with Gasteiger partial charge < -0.3 is 20.6 Å². The van der Waals surface area contributed by atoms with Gasteiger partial charge in [-0.05, 0) is 13.8 Å². The summed E-state index contributed by atoms with van der Waals surface area (Å²) >= 11 is 0. The molecule has 2 unspecified atom stereocenters. The van der Waals surface area contributed by atoms with Crippen LogP contribution in [-0.2, 0) is 0 Å². The van der Waals surface area contributed by atoms with E-state index in [-0.39, 0.29) is 18.1 Å². The molecule has 2 amide bonds. The molecular formula is C9H19N3O2. The monoisotopic (exact) mass is 201 g/mol. The summed E-state index contributed by atoms with van der Waals surface area (Å²) in [6, 6.07) is -0.127. The molecular weight excluding hydrogens is 182 g/mol. The van der Waals surface area contributed by atoms with E-state index in [9.17, 15) is 9.90 Å². The van der Waals surface area contributed by atoms with E-state index in [4.69, 9.17) is 0 Å². The Bertz CT molecular complexity index is 208. The smallest absolute Gasteiger partial charge is 0.317 e. The third kappa shape index (κ3) is 2.59. The molecule has 0 radical (unpaired) electrons. The maximum Gasteiger partial charge on any atom is 0.317 e. The van der Waals surface area contributed by atoms with Crippen LogP contribution >= 0.6 is 0 Å². The Hall–Kier alpha value is -0.810. The number of rotatable bonds is 2. The fourth-order valence-corrected chi connectivity index (χ4v) is 1.55. The molecule has 0 aromatic carbocycles. The van der Waals surface area contributed by atoms with Crippen LogP contribution in [0, 0.1) is 0 Å². The van der Waals surface area contributed by atoms with E-state index in [1.807, 2.05) is 13.8 Å². The maximum absolute atomic E-state index is 11.6. The highest BCUT2D eigenvalue weighted by Crippen LogP contribution is 2.07. The largest absolute Gasteiger partial charge is 0.390 e. The zero-order valence-electron chi connectivity index (χ0n) is 8.95. The molecule has 1 fully saturated rings. The van der Waals surface area contributed by atoms with Crippen LogP contribution < -0.4 is 10.6 Å². The van der Waals surface area contributed by atoms with Crippen molar-refractivity contribution in [3.05, 3.63) is 0 Å². The molecule has 14 heavy (non-hydrogen) atoms. The van der Waals surface area contributed by atoms with Gasteiger partial charge in [0.15, 0.2) is 0 Å². The topological polar surface area (TPSA) is 64.6 Å². The Morgan fingerprint density at radius 3 is 2.64 bits per heavy atom. The van der Waals surface area contributed by atoms with Crippen LogP contribution in [-0.4, -0.2) is 54.4 Å². The van der Waals surface area contributed by atoms with Gasteiger partial charge in [-0.25, -0.2) is 4.79 Å². The lowest BCUT2D eigenvalue weighted by Crippen LogP contribution is -2.50. The first kappa shape index (κ1) is 11.3. The summed E-state index contributed by atoms with van der Waals surface area (Å²) in [4.78, 5) is 13.1. The Morgan fingerprint density at radius 1 is 1.57 bits per heavy atom. The number of urea groups is 1. The number of aliphatic hydroxyl groups excluding tert-OH is 1. The van der Waals surface area contributed by atoms with E-state index < -0.39 is 6.10 Å². The highest BCUT2D eigenvalue weighted by molar-refractivity contribution is 5.74. The maximum atomic E-state index is 11.6. The third-order valence-electron chi connectivity index (χ3n) is 2.38. The first-order valence-electron chi connectivity index (χ1n) is 4.94. The summed E-state index contributed by atoms with van der Waals surface area (Å²) in [5.41, 5.74) is 0. The Kier molecular flexibility index (Phi) is 3.71. The van der Waals surface area contributed by atoms with Crippen LogP contribution in [0.1, 0.15) is 13.8 Å². The van der Waals surface area contributed by atoms with Crippen LogP contribution in [0.2, 0.25) is 0 Å². The fraction of sp³-hybridized carbons (Fsp3) is 0.889. The molecule has 82 valence electrons. The van der Waals surface area contributed by atoms with Crippen LogP contribution in [0.4, 0.5) is 4.79 Å². The average Bonchev–Trinajstić information content (AvgIpc) is 2.48. The minimum Gasteiger partial charge on any atom is -0.390 e. The quantitative estimate of drug-likeness (QED) is 0.557. The number of β-amino-alcohol motifs (C(OH)–C–C–N with tert-alkyl or cyclic N) is 1. The number of carbonyl (C=O) groups is 1. The molecule has 0 aromatic heterocycles. The van der Waals surface area contributed by atoms with Gasteiger partial charge in [0.25, 0.3) is 0 Å². The first-order chi connectivity index (χ1) is 6.52. The van der Waals surface area contributed by atoms with Crippen LogP contribution in [0.5, 0.6) is 0 Å². The Morgan fingerprint density at radius 2 is 2.21 bits per heavy atom. The van der Waals surface area contributed by atoms with E-state index >= 15 is 0 Å². The molecule has 2 atom stereocenters. The highest BCUT2D eigenvalue weighted by atomic mass is 16.3. The molecule has 5 nitrogen and oxygen atoms in total. The molecule has 3 N–H and O–H groups in total. The second-order valence-corrected chi connectivity index (χ2v) is 4.01. The van der Waals surface area contributed by atoms with E-state index in [1.165, 1.54) is 0 Å². The highest BCUT2D eigenvalue weighted by Gasteiger charge is 2.31. The standard InChI is InChI=1S/C9H19N3O2/c1-6(2)11-9(14)12(3)7-4-10-5-8(7)13/h6-8,10,13H,4-5H2,1-3H3,(H,11,14). The van der Waals surface area contributed by atoms with Crippen molar-refractivity contribution in [2.45, 2.75) is 32.0 Å². The van der Waals surface area contributed by atoms with Gasteiger partial charge in [0.1, 0.15) is 0 Å². The van der Waals surface area contributed by atoms with E-state index in [1.54, 1.807) is 11.9 Å². The molecule has 1 aliphatic heterocycles. The van der Waals surface area contributed by atoms with Gasteiger partial charge in [0.2, 0.25) is 0 Å². The number of hydrogen-bond donors (Lipinski definition) is 3. The molecule has 5 heteroatoms. The second kappa shape index (κ2) is 4.61. The van der Waals surface area contributed by atoms with E-state index in [2.05, 4.69) is 10.6 Å². The first-order valence-corrected chi connectivity index (χ1v) is 4.94. The van der Waals surface area contributed by atoms with E-state index in [0.29, 0.717) is 13.1 Å². The van der Waals surface area contributed by atoms with Crippen LogP contribution in [0.15, 0.2) is 0 Å². The number of hydrogen-bond acceptors (Lipinski definition) is 3. The lowest BCUT2D eigenvalue weighted by atomic mass is 10.2. The summed E-state index contributed by atoms with van der Waals surface area (Å²) in [5.74, 6) is 0. The molecule has 1 aliphatic rings. The van der Waals surface area contributed by atoms with Crippen molar-refractivity contribution in [1.82, 2.24) is 15.5 Å². The lowest BCUT2D eigenvalue weighted by molar-refractivity contribution is 0.109. The molecule has 1 saturated heterocycles. The zero-order valence-corrected chi connectivity index (χ0v) is 8.95. The molecule has 0 spiro atoms. The summed E-state index contributed by atoms with van der Waals surface area (Å²) in [6.07, 6.45) is -0.460. The zero-order chi connectivity index (χ0) is 10.7. The van der Waals surface area contributed by atoms with Crippen molar-refractivity contribution >= 4 is 6.03 Å². The van der Waals surface area contributed by atoms with Crippen LogP contribution in [0.25, 0.3) is 0 Å². The Labute approximate surface area is 84.5 Å². The molecule has 1 heterocycles. The predicted octanol–water partition coefficient (Wildman–Crippen LogP) is -0.631. The number of amides is 2. The number of carbonyl (C=O) groups excluding carboxylic acids is 1. The summed E-state index contributed by atoms with van der Waals surface area (Å²) < 4.78 is 0. The molecule has 0 aromatic rings. The molecule has 0 saturated carbocycles. The second-order valence-electron chi connectivity index (χ2n) is 4.01. The summed E-state index contributed by atoms with van der Waals surface area (Å²) in [6.45, 7) is 5.04. The Balaban J connectivity index is 2.47. The van der Waals surface area contributed by atoms with Crippen molar-refractivity contribution in [1.29, 1.82) is 0 Å². The molecule has 1 rings (SSSR count). The number of nitrogens with one attached hydrogen (secondary N) is 2. The van der Waals surface area contributed by atoms with Crippen LogP contribution in [0.3, 0.4) is 0 Å². The van der Waals surface area contributed by atoms with Gasteiger partial charge in [0, 0.05) is 26.2 Å². The summed E-state index contributed by atoms with van der Waals surface area (Å²) in [5, 5.41) is 15.4. The van der Waals surface area contributed by atoms with Crippen molar-refractivity contribution in [2.24, 2.45) is 0 Å². The van der Waals surface area contributed by atoms with Crippen molar-refractivity contribution in [3.63, 3.8) is 0 Å². The SMILES string of the molecule is CC(C)NC(=O)N(C)C1CNCC1O. The van der Waals surface area contributed by atoms with Gasteiger partial charge in [0.05, 0.1) is 12.1 Å². The minimum absolute atomic E-state index is 0.117.